The number of unbranched alkanes of at least 4 members (excludes halogenated alkanes) is 2. The molecule has 0 heterocycles. The highest BCUT2D eigenvalue weighted by Gasteiger charge is 2.14. The fourth-order valence-corrected chi connectivity index (χ4v) is 3.53. The van der Waals surface area contributed by atoms with Crippen molar-refractivity contribution >= 4 is 17.6 Å². The molecule has 29 heavy (non-hydrogen) atoms. The predicted molar refractivity (Wildman–Crippen MR) is 128 cm³/mol. The van der Waals surface area contributed by atoms with Crippen LogP contribution in [0.25, 0.3) is 0 Å². The molecule has 0 saturated carbocycles. The molecule has 156 valence electrons. The molecule has 3 nitrogen and oxygen atoms in total. The number of rotatable bonds is 13. The van der Waals surface area contributed by atoms with Gasteiger partial charge in [-0.2, -0.15) is 0 Å². The number of nitrogens with zero attached hydrogens (tertiary/aromatic N) is 1. The quantitative estimate of drug-likeness (QED) is 0.207. The Hall–Kier alpha value is -2.42. The van der Waals surface area contributed by atoms with Gasteiger partial charge in [-0.15, -0.1) is 6.58 Å². The molecule has 1 atom stereocenters. The molecule has 0 radical (unpaired) electrons. The highest BCUT2D eigenvalue weighted by atomic mass is 14.9. The molecule has 0 bridgehead atoms. The zero-order chi connectivity index (χ0) is 20.9. The second-order valence-corrected chi connectivity index (χ2v) is 8.04. The molecule has 3 heteroatoms. The van der Waals surface area contributed by atoms with Gasteiger partial charge in [-0.1, -0.05) is 43.2 Å². The maximum absolute atomic E-state index is 8.63. The molecule has 1 aromatic carbocycles. The zero-order valence-corrected chi connectivity index (χ0v) is 18.2. The van der Waals surface area contributed by atoms with Crippen LogP contribution in [-0.4, -0.2) is 18.0 Å². The number of hydrogen-bond acceptors (Lipinski definition) is 3. The first-order valence-corrected chi connectivity index (χ1v) is 11.1. The van der Waals surface area contributed by atoms with Crippen LogP contribution in [-0.2, 0) is 0 Å². The molecule has 1 aliphatic carbocycles. The van der Waals surface area contributed by atoms with Crippen LogP contribution in [0.2, 0.25) is 0 Å². The normalized spacial score (nSPS) is 14.6. The zero-order valence-electron chi connectivity index (χ0n) is 18.2. The van der Waals surface area contributed by atoms with E-state index in [4.69, 9.17) is 5.41 Å². The minimum absolute atomic E-state index is 0.311. The van der Waals surface area contributed by atoms with E-state index < -0.39 is 0 Å². The van der Waals surface area contributed by atoms with E-state index >= 15 is 0 Å². The number of nitrogens with one attached hydrogen (secondary N) is 2. The van der Waals surface area contributed by atoms with Gasteiger partial charge in [0, 0.05) is 30.1 Å². The third-order valence-corrected chi connectivity index (χ3v) is 5.11. The van der Waals surface area contributed by atoms with Gasteiger partial charge in [-0.3, -0.25) is 4.99 Å². The third-order valence-electron chi connectivity index (χ3n) is 5.11. The lowest BCUT2D eigenvalue weighted by Gasteiger charge is -2.23. The van der Waals surface area contributed by atoms with E-state index in [2.05, 4.69) is 49.0 Å². The third kappa shape index (κ3) is 9.08. The van der Waals surface area contributed by atoms with E-state index in [0.717, 1.165) is 62.6 Å². The van der Waals surface area contributed by atoms with E-state index in [0.29, 0.717) is 11.8 Å². The van der Waals surface area contributed by atoms with Crippen LogP contribution in [0.1, 0.15) is 77.2 Å². The van der Waals surface area contributed by atoms with Crippen LogP contribution in [0.4, 0.5) is 5.69 Å². The minimum atomic E-state index is 0.311. The smallest absolute Gasteiger partial charge is 0.0632 e. The molecule has 1 unspecified atom stereocenters. The summed E-state index contributed by atoms with van der Waals surface area (Å²) in [5, 5.41) is 12.3. The van der Waals surface area contributed by atoms with Crippen LogP contribution in [0.15, 0.2) is 65.3 Å². The summed E-state index contributed by atoms with van der Waals surface area (Å²) in [4.78, 5) is 4.60. The van der Waals surface area contributed by atoms with Crippen molar-refractivity contribution in [2.45, 2.75) is 77.7 Å². The Balaban J connectivity index is 1.90. The predicted octanol–water partition coefficient (Wildman–Crippen LogP) is 7.28. The Labute approximate surface area is 177 Å². The molecule has 0 aliphatic heterocycles. The molecule has 0 amide bonds. The summed E-state index contributed by atoms with van der Waals surface area (Å²) in [6.45, 7) is 8.24. The molecule has 2 N–H and O–H groups in total. The van der Waals surface area contributed by atoms with Crippen molar-refractivity contribution in [2.24, 2.45) is 4.99 Å². The van der Waals surface area contributed by atoms with Crippen LogP contribution >= 0.6 is 0 Å². The standard InChI is InChI=1S/C26H37N3/c1-4-12-25(29-23-15-8-5-9-16-23)20-26(27)22-14-11-17-24(19-22)28-18-10-6-7-13-21(2)3/h5,8,11,14-15,17-19,25,27,29H,2,4,6-7,9-10,12-13,16,20H2,1,3H3/b27-26?,28-18+. The Morgan fingerprint density at radius 1 is 1.34 bits per heavy atom. The highest BCUT2D eigenvalue weighted by molar-refractivity contribution is 5.99. The first-order valence-electron chi connectivity index (χ1n) is 11.1. The van der Waals surface area contributed by atoms with Gasteiger partial charge in [-0.05, 0) is 75.6 Å². The van der Waals surface area contributed by atoms with Gasteiger partial charge in [0.1, 0.15) is 0 Å². The van der Waals surface area contributed by atoms with Gasteiger partial charge in [0.25, 0.3) is 0 Å². The summed E-state index contributed by atoms with van der Waals surface area (Å²) in [5.74, 6) is 0. The SMILES string of the molecule is C=C(C)CCCC/C=N/c1cccc(C(=N)CC(CCC)NC2=CC=CCC2)c1. The second-order valence-electron chi connectivity index (χ2n) is 8.04. The largest absolute Gasteiger partial charge is 0.385 e. The molecule has 1 aliphatic rings. The Morgan fingerprint density at radius 2 is 2.21 bits per heavy atom. The lowest BCUT2D eigenvalue weighted by Crippen LogP contribution is -2.31. The van der Waals surface area contributed by atoms with Gasteiger partial charge < -0.3 is 10.7 Å². The summed E-state index contributed by atoms with van der Waals surface area (Å²) in [6, 6.07) is 8.40. The van der Waals surface area contributed by atoms with Crippen molar-refractivity contribution in [3.05, 3.63) is 65.9 Å². The minimum Gasteiger partial charge on any atom is -0.385 e. The van der Waals surface area contributed by atoms with Crippen molar-refractivity contribution < 1.29 is 0 Å². The topological polar surface area (TPSA) is 48.2 Å². The van der Waals surface area contributed by atoms with Crippen LogP contribution in [0, 0.1) is 5.41 Å². The van der Waals surface area contributed by atoms with Crippen LogP contribution < -0.4 is 5.32 Å². The maximum Gasteiger partial charge on any atom is 0.0632 e. The number of benzene rings is 1. The first kappa shape index (κ1) is 22.9. The fourth-order valence-electron chi connectivity index (χ4n) is 3.53. The van der Waals surface area contributed by atoms with Crippen molar-refractivity contribution in [1.82, 2.24) is 5.32 Å². The molecule has 2 rings (SSSR count). The van der Waals surface area contributed by atoms with Gasteiger partial charge in [-0.25, -0.2) is 0 Å². The Bertz CT molecular complexity index is 755. The summed E-state index contributed by atoms with van der Waals surface area (Å²) in [5.41, 5.74) is 5.14. The average Bonchev–Trinajstić information content (AvgIpc) is 2.71. The van der Waals surface area contributed by atoms with E-state index in [1.165, 1.54) is 17.7 Å². The number of hydrogen-bond donors (Lipinski definition) is 2. The summed E-state index contributed by atoms with van der Waals surface area (Å²) in [7, 11) is 0. The Kier molecular flexibility index (Phi) is 10.2. The van der Waals surface area contributed by atoms with Gasteiger partial charge >= 0.3 is 0 Å². The van der Waals surface area contributed by atoms with E-state index in [-0.39, 0.29) is 0 Å². The highest BCUT2D eigenvalue weighted by Crippen LogP contribution is 2.18. The van der Waals surface area contributed by atoms with E-state index in [1.807, 2.05) is 30.5 Å². The monoisotopic (exact) mass is 391 g/mol. The first-order chi connectivity index (χ1) is 14.1. The lowest BCUT2D eigenvalue weighted by molar-refractivity contribution is 0.522. The second kappa shape index (κ2) is 12.9. The summed E-state index contributed by atoms with van der Waals surface area (Å²) in [6.07, 6.45) is 18.0. The number of allylic oxidation sites excluding steroid dienone is 5. The molecule has 0 saturated heterocycles. The van der Waals surface area contributed by atoms with Gasteiger partial charge in [0.15, 0.2) is 0 Å². The molecule has 0 spiro atoms. The molecular formula is C26H37N3. The number of aliphatic imine (C=N–C) groups is 1. The van der Waals surface area contributed by atoms with Gasteiger partial charge in [0.05, 0.1) is 5.69 Å². The van der Waals surface area contributed by atoms with Crippen molar-refractivity contribution in [1.29, 1.82) is 5.41 Å². The van der Waals surface area contributed by atoms with Crippen molar-refractivity contribution in [3.63, 3.8) is 0 Å². The molecule has 0 fully saturated rings. The fraction of sp³-hybridized carbons (Fsp3) is 0.462. The molecule has 1 aromatic rings. The van der Waals surface area contributed by atoms with Crippen molar-refractivity contribution in [2.75, 3.05) is 0 Å². The Morgan fingerprint density at radius 3 is 2.93 bits per heavy atom. The van der Waals surface area contributed by atoms with E-state index in [1.54, 1.807) is 0 Å². The summed E-state index contributed by atoms with van der Waals surface area (Å²) < 4.78 is 0. The van der Waals surface area contributed by atoms with Crippen LogP contribution in [0.5, 0.6) is 0 Å². The molecule has 0 aromatic heterocycles. The van der Waals surface area contributed by atoms with Crippen molar-refractivity contribution in [3.8, 4) is 0 Å². The van der Waals surface area contributed by atoms with E-state index in [9.17, 15) is 0 Å². The van der Waals surface area contributed by atoms with Gasteiger partial charge in [0.2, 0.25) is 0 Å². The summed E-state index contributed by atoms with van der Waals surface area (Å²) >= 11 is 0. The van der Waals surface area contributed by atoms with Crippen LogP contribution in [0.3, 0.4) is 0 Å². The molecular weight excluding hydrogens is 354 g/mol. The maximum atomic E-state index is 8.63. The lowest BCUT2D eigenvalue weighted by atomic mass is 9.98. The average molecular weight is 392 g/mol.